The molecule has 0 spiro atoms. The molecule has 1 aromatic heterocycles. The first-order valence-electron chi connectivity index (χ1n) is 6.07. The maximum atomic E-state index is 4.01. The van der Waals surface area contributed by atoms with Gasteiger partial charge in [-0.05, 0) is 25.7 Å². The average Bonchev–Trinajstić information content (AvgIpc) is 2.90. The summed E-state index contributed by atoms with van der Waals surface area (Å²) in [6.45, 7) is 3.38. The van der Waals surface area contributed by atoms with E-state index in [1.54, 1.807) is 6.33 Å². The third-order valence-electron chi connectivity index (χ3n) is 3.52. The van der Waals surface area contributed by atoms with Crippen LogP contribution in [0.4, 0.5) is 0 Å². The lowest BCUT2D eigenvalue weighted by Gasteiger charge is -2.20. The summed E-state index contributed by atoms with van der Waals surface area (Å²) in [6, 6.07) is 0.676. The highest BCUT2D eigenvalue weighted by Gasteiger charge is 2.20. The molecule has 3 heteroatoms. The fourth-order valence-electron chi connectivity index (χ4n) is 2.48. The van der Waals surface area contributed by atoms with Gasteiger partial charge in [-0.1, -0.05) is 12.8 Å². The minimum Gasteiger partial charge on any atom is -0.348 e. The van der Waals surface area contributed by atoms with E-state index in [4.69, 9.17) is 0 Å². The first kappa shape index (κ1) is 10.7. The largest absolute Gasteiger partial charge is 0.348 e. The van der Waals surface area contributed by atoms with Gasteiger partial charge in [0.05, 0.1) is 6.33 Å². The van der Waals surface area contributed by atoms with Crippen molar-refractivity contribution < 1.29 is 0 Å². The van der Waals surface area contributed by atoms with E-state index in [0.717, 1.165) is 18.9 Å². The lowest BCUT2D eigenvalue weighted by molar-refractivity contribution is 0.383. The number of aromatic nitrogens is 2. The van der Waals surface area contributed by atoms with E-state index in [1.165, 1.54) is 31.4 Å². The molecule has 15 heavy (non-hydrogen) atoms. The zero-order chi connectivity index (χ0) is 10.5. The summed E-state index contributed by atoms with van der Waals surface area (Å²) in [6.07, 6.45) is 10.4. The van der Waals surface area contributed by atoms with Crippen LogP contribution in [0.1, 0.15) is 38.3 Å². The van der Waals surface area contributed by atoms with Gasteiger partial charge in [-0.3, -0.25) is 0 Å². The van der Waals surface area contributed by atoms with Crippen LogP contribution in [0.2, 0.25) is 0 Å². The molecule has 3 nitrogen and oxygen atoms in total. The zero-order valence-corrected chi connectivity index (χ0v) is 9.50. The Morgan fingerprint density at radius 2 is 2.33 bits per heavy atom. The summed E-state index contributed by atoms with van der Waals surface area (Å²) < 4.78 is 0. The third kappa shape index (κ3) is 3.06. The summed E-state index contributed by atoms with van der Waals surface area (Å²) in [4.78, 5) is 7.14. The first-order chi connectivity index (χ1) is 7.36. The predicted octanol–water partition coefficient (Wildman–Crippen LogP) is 2.12. The molecule has 1 aliphatic carbocycles. The van der Waals surface area contributed by atoms with Gasteiger partial charge in [-0.15, -0.1) is 0 Å². The minimum absolute atomic E-state index is 0.676. The van der Waals surface area contributed by atoms with Crippen LogP contribution in [0.25, 0.3) is 0 Å². The van der Waals surface area contributed by atoms with E-state index in [2.05, 4.69) is 22.2 Å². The maximum Gasteiger partial charge on any atom is 0.0921 e. The molecule has 1 aromatic rings. The zero-order valence-electron chi connectivity index (χ0n) is 9.50. The minimum atomic E-state index is 0.676. The Morgan fingerprint density at radius 3 is 3.00 bits per heavy atom. The van der Waals surface area contributed by atoms with Gasteiger partial charge in [-0.25, -0.2) is 4.98 Å². The van der Waals surface area contributed by atoms with Gasteiger partial charge in [0.2, 0.25) is 0 Å². The van der Waals surface area contributed by atoms with Gasteiger partial charge in [0, 0.05) is 30.9 Å². The van der Waals surface area contributed by atoms with E-state index < -0.39 is 0 Å². The number of rotatable bonds is 5. The van der Waals surface area contributed by atoms with Crippen molar-refractivity contribution in [2.45, 2.75) is 45.1 Å². The molecule has 2 N–H and O–H groups in total. The molecular weight excluding hydrogens is 186 g/mol. The Morgan fingerprint density at radius 1 is 1.53 bits per heavy atom. The molecule has 1 unspecified atom stereocenters. The van der Waals surface area contributed by atoms with Gasteiger partial charge in [0.1, 0.15) is 0 Å². The second-order valence-electron chi connectivity index (χ2n) is 4.61. The standard InChI is InChI=1S/C12H21N3/c1-10(11-4-2-3-5-11)14-7-6-12-8-13-9-15-12/h8-11,14H,2-7H2,1H3,(H,13,15). The number of nitrogens with zero attached hydrogens (tertiary/aromatic N) is 1. The molecule has 1 aliphatic rings. The van der Waals surface area contributed by atoms with Crippen molar-refractivity contribution in [2.75, 3.05) is 6.54 Å². The molecule has 2 rings (SSSR count). The summed E-state index contributed by atoms with van der Waals surface area (Å²) in [5.74, 6) is 0.909. The van der Waals surface area contributed by atoms with E-state index >= 15 is 0 Å². The molecule has 0 radical (unpaired) electrons. The molecule has 0 amide bonds. The number of imidazole rings is 1. The van der Waals surface area contributed by atoms with E-state index in [9.17, 15) is 0 Å². The highest BCUT2D eigenvalue weighted by atomic mass is 14.9. The number of nitrogens with one attached hydrogen (secondary N) is 2. The normalized spacial score (nSPS) is 19.5. The molecular formula is C12H21N3. The Balaban J connectivity index is 1.64. The summed E-state index contributed by atoms with van der Waals surface area (Å²) in [5.41, 5.74) is 1.22. The maximum absolute atomic E-state index is 4.01. The smallest absolute Gasteiger partial charge is 0.0921 e. The summed E-state index contributed by atoms with van der Waals surface area (Å²) in [7, 11) is 0. The van der Waals surface area contributed by atoms with Crippen LogP contribution >= 0.6 is 0 Å². The van der Waals surface area contributed by atoms with Crippen LogP contribution in [0, 0.1) is 5.92 Å². The second kappa shape index (κ2) is 5.31. The highest BCUT2D eigenvalue weighted by Crippen LogP contribution is 2.27. The molecule has 1 atom stereocenters. The molecule has 0 aromatic carbocycles. The molecule has 1 fully saturated rings. The van der Waals surface area contributed by atoms with Gasteiger partial charge in [-0.2, -0.15) is 0 Å². The number of H-pyrrole nitrogens is 1. The summed E-state index contributed by atoms with van der Waals surface area (Å²) in [5, 5.41) is 3.62. The highest BCUT2D eigenvalue weighted by molar-refractivity contribution is 4.94. The Labute approximate surface area is 91.7 Å². The molecule has 1 saturated carbocycles. The van der Waals surface area contributed by atoms with Gasteiger partial charge in [0.25, 0.3) is 0 Å². The fraction of sp³-hybridized carbons (Fsp3) is 0.750. The van der Waals surface area contributed by atoms with Crippen LogP contribution in [-0.4, -0.2) is 22.6 Å². The van der Waals surface area contributed by atoms with E-state index in [0.29, 0.717) is 6.04 Å². The van der Waals surface area contributed by atoms with Crippen molar-refractivity contribution in [1.29, 1.82) is 0 Å². The van der Waals surface area contributed by atoms with Crippen LogP contribution in [0.15, 0.2) is 12.5 Å². The number of aromatic amines is 1. The number of hydrogen-bond acceptors (Lipinski definition) is 2. The van der Waals surface area contributed by atoms with Crippen molar-refractivity contribution in [3.05, 3.63) is 18.2 Å². The quantitative estimate of drug-likeness (QED) is 0.776. The molecule has 0 saturated heterocycles. The van der Waals surface area contributed by atoms with Gasteiger partial charge < -0.3 is 10.3 Å². The molecule has 0 aliphatic heterocycles. The molecule has 84 valence electrons. The number of hydrogen-bond donors (Lipinski definition) is 2. The van der Waals surface area contributed by atoms with Crippen LogP contribution < -0.4 is 5.32 Å². The predicted molar refractivity (Wildman–Crippen MR) is 61.7 cm³/mol. The Kier molecular flexibility index (Phi) is 3.78. The van der Waals surface area contributed by atoms with E-state index in [-0.39, 0.29) is 0 Å². The lowest BCUT2D eigenvalue weighted by Crippen LogP contribution is -2.33. The Bertz CT molecular complexity index is 262. The van der Waals surface area contributed by atoms with Gasteiger partial charge >= 0.3 is 0 Å². The molecule has 1 heterocycles. The van der Waals surface area contributed by atoms with Crippen LogP contribution in [-0.2, 0) is 6.42 Å². The Hall–Kier alpha value is -0.830. The van der Waals surface area contributed by atoms with Gasteiger partial charge in [0.15, 0.2) is 0 Å². The van der Waals surface area contributed by atoms with Crippen LogP contribution in [0.5, 0.6) is 0 Å². The van der Waals surface area contributed by atoms with Crippen molar-refractivity contribution >= 4 is 0 Å². The van der Waals surface area contributed by atoms with Crippen molar-refractivity contribution in [3.63, 3.8) is 0 Å². The lowest BCUT2D eigenvalue weighted by atomic mass is 10.00. The monoisotopic (exact) mass is 207 g/mol. The summed E-state index contributed by atoms with van der Waals surface area (Å²) >= 11 is 0. The van der Waals surface area contributed by atoms with E-state index in [1.807, 2.05) is 6.20 Å². The fourth-order valence-corrected chi connectivity index (χ4v) is 2.48. The second-order valence-corrected chi connectivity index (χ2v) is 4.61. The third-order valence-corrected chi connectivity index (χ3v) is 3.52. The molecule has 0 bridgehead atoms. The van der Waals surface area contributed by atoms with Crippen molar-refractivity contribution in [3.8, 4) is 0 Å². The topological polar surface area (TPSA) is 40.7 Å². The first-order valence-corrected chi connectivity index (χ1v) is 6.07. The SMILES string of the molecule is CC(NCCc1cnc[nH]1)C1CCCC1. The van der Waals surface area contributed by atoms with Crippen molar-refractivity contribution in [1.82, 2.24) is 15.3 Å². The van der Waals surface area contributed by atoms with Crippen molar-refractivity contribution in [2.24, 2.45) is 5.92 Å². The average molecular weight is 207 g/mol. The van der Waals surface area contributed by atoms with Crippen LogP contribution in [0.3, 0.4) is 0 Å².